The molecule has 0 bridgehead atoms. The van der Waals surface area contributed by atoms with Gasteiger partial charge in [0.2, 0.25) is 6.29 Å². The first kappa shape index (κ1) is 3.61. The van der Waals surface area contributed by atoms with Gasteiger partial charge < -0.3 is 9.47 Å². The first-order chi connectivity index (χ1) is 2.93. The molecule has 1 fully saturated rings. The van der Waals surface area contributed by atoms with Gasteiger partial charge in [-0.25, -0.2) is 4.79 Å². The number of hydrogen-bond donors (Lipinski definition) is 0. The molecule has 1 heterocycles. The van der Waals surface area contributed by atoms with Gasteiger partial charge in [0.1, 0.15) is 6.61 Å². The van der Waals surface area contributed by atoms with E-state index in [2.05, 4.69) is 9.47 Å². The lowest BCUT2D eigenvalue weighted by Gasteiger charge is -1.77. The second-order valence-electron chi connectivity index (χ2n) is 0.964. The van der Waals surface area contributed by atoms with Crippen LogP contribution in [0.1, 0.15) is 0 Å². The molecule has 1 unspecified atom stereocenters. The first-order valence-corrected chi connectivity index (χ1v) is 1.58. The van der Waals surface area contributed by atoms with Gasteiger partial charge in [-0.1, -0.05) is 0 Å². The van der Waals surface area contributed by atoms with Gasteiger partial charge in [0.15, 0.2) is 0 Å². The van der Waals surface area contributed by atoms with E-state index >= 15 is 0 Å². The summed E-state index contributed by atoms with van der Waals surface area (Å²) in [6.45, 7) is 1.79. The van der Waals surface area contributed by atoms with E-state index < -0.39 is 0 Å². The Kier molecular flexibility index (Phi) is 0.759. The van der Waals surface area contributed by atoms with Crippen LogP contribution in [0.2, 0.25) is 0 Å². The molecule has 0 spiro atoms. The van der Waals surface area contributed by atoms with E-state index in [1.165, 1.54) is 6.47 Å². The standard InChI is InChI=1S/C3H3O3/c4-2-6-3-1-5-3/h3H,1H2. The monoisotopic (exact) mass is 87.0 g/mol. The van der Waals surface area contributed by atoms with Crippen LogP contribution in [0.25, 0.3) is 0 Å². The van der Waals surface area contributed by atoms with Crippen molar-refractivity contribution in [2.24, 2.45) is 0 Å². The summed E-state index contributed by atoms with van der Waals surface area (Å²) in [6, 6.07) is 0. The summed E-state index contributed by atoms with van der Waals surface area (Å²) >= 11 is 0. The van der Waals surface area contributed by atoms with Crippen LogP contribution < -0.4 is 0 Å². The summed E-state index contributed by atoms with van der Waals surface area (Å²) in [6.07, 6.45) is -0.275. The summed E-state index contributed by atoms with van der Waals surface area (Å²) < 4.78 is 8.59. The molecular weight excluding hydrogens is 84.0 g/mol. The lowest BCUT2D eigenvalue weighted by Crippen LogP contribution is -1.88. The summed E-state index contributed by atoms with van der Waals surface area (Å²) in [4.78, 5) is 9.23. The smallest absolute Gasteiger partial charge is 0.419 e. The molecule has 1 radical (unpaired) electrons. The third-order valence-electron chi connectivity index (χ3n) is 0.482. The van der Waals surface area contributed by atoms with Crippen LogP contribution in [-0.4, -0.2) is 19.4 Å². The molecule has 33 valence electrons. The highest BCUT2D eigenvalue weighted by atomic mass is 16.8. The zero-order chi connectivity index (χ0) is 4.41. The van der Waals surface area contributed by atoms with Crippen LogP contribution in [0, 0.1) is 0 Å². The molecule has 0 aromatic heterocycles. The molecule has 1 atom stereocenters. The fourth-order valence-electron chi connectivity index (χ4n) is 0.161. The molecule has 0 N–H and O–H groups in total. The summed E-state index contributed by atoms with van der Waals surface area (Å²) in [5.41, 5.74) is 0. The highest BCUT2D eigenvalue weighted by molar-refractivity contribution is 5.38. The lowest BCUT2D eigenvalue weighted by atomic mass is 10.9. The number of rotatable bonds is 2. The van der Waals surface area contributed by atoms with Crippen molar-refractivity contribution in [1.29, 1.82) is 0 Å². The maximum atomic E-state index is 9.23. The fraction of sp³-hybridized carbons (Fsp3) is 0.667. The molecule has 0 aliphatic carbocycles. The second-order valence-corrected chi connectivity index (χ2v) is 0.964. The molecule has 1 aliphatic rings. The van der Waals surface area contributed by atoms with Crippen LogP contribution in [0.3, 0.4) is 0 Å². The third kappa shape index (κ3) is 0.687. The van der Waals surface area contributed by atoms with E-state index in [0.717, 1.165) is 0 Å². The van der Waals surface area contributed by atoms with E-state index in [-0.39, 0.29) is 6.29 Å². The molecule has 0 saturated carbocycles. The van der Waals surface area contributed by atoms with Crippen molar-refractivity contribution in [3.63, 3.8) is 0 Å². The Morgan fingerprint density at radius 2 is 2.67 bits per heavy atom. The van der Waals surface area contributed by atoms with Gasteiger partial charge in [-0.3, -0.25) is 0 Å². The molecule has 1 saturated heterocycles. The van der Waals surface area contributed by atoms with Crippen molar-refractivity contribution in [3.8, 4) is 0 Å². The number of carbonyl (C=O) groups excluding carboxylic acids is 1. The van der Waals surface area contributed by atoms with Gasteiger partial charge in [-0.2, -0.15) is 0 Å². The van der Waals surface area contributed by atoms with Crippen molar-refractivity contribution >= 4 is 6.47 Å². The van der Waals surface area contributed by atoms with E-state index in [1.807, 2.05) is 0 Å². The van der Waals surface area contributed by atoms with Crippen molar-refractivity contribution in [2.45, 2.75) is 6.29 Å². The van der Waals surface area contributed by atoms with Gasteiger partial charge in [0.25, 0.3) is 0 Å². The van der Waals surface area contributed by atoms with Crippen LogP contribution >= 0.6 is 0 Å². The lowest BCUT2D eigenvalue weighted by molar-refractivity contribution is 0.159. The molecule has 1 rings (SSSR count). The molecule has 1 aliphatic heterocycles. The topological polar surface area (TPSA) is 38.8 Å². The molecule has 3 heteroatoms. The summed E-state index contributed by atoms with van der Waals surface area (Å²) in [5.74, 6) is 0. The Balaban J connectivity index is 2.00. The highest BCUT2D eigenvalue weighted by Gasteiger charge is 2.23. The minimum Gasteiger partial charge on any atom is -0.425 e. The average molecular weight is 87.1 g/mol. The van der Waals surface area contributed by atoms with Crippen molar-refractivity contribution in [3.05, 3.63) is 0 Å². The van der Waals surface area contributed by atoms with E-state index in [1.54, 1.807) is 0 Å². The van der Waals surface area contributed by atoms with Crippen molar-refractivity contribution in [1.82, 2.24) is 0 Å². The SMILES string of the molecule is O=[C]OC1CO1. The highest BCUT2D eigenvalue weighted by Crippen LogP contribution is 2.07. The predicted octanol–water partition coefficient (Wildman–Crippen LogP) is -0.574. The number of ether oxygens (including phenoxy) is 2. The van der Waals surface area contributed by atoms with Gasteiger partial charge >= 0.3 is 6.47 Å². The minimum absolute atomic E-state index is 0.275. The van der Waals surface area contributed by atoms with Gasteiger partial charge in [0.05, 0.1) is 0 Å². The molecule has 0 aromatic rings. The Bertz CT molecular complexity index is 57.1. The quantitative estimate of drug-likeness (QED) is 0.423. The molecular formula is C3H3O3. The van der Waals surface area contributed by atoms with E-state index in [4.69, 9.17) is 0 Å². The Labute approximate surface area is 34.9 Å². The van der Waals surface area contributed by atoms with Crippen LogP contribution in [0.5, 0.6) is 0 Å². The number of hydrogen-bond acceptors (Lipinski definition) is 3. The van der Waals surface area contributed by atoms with Crippen molar-refractivity contribution in [2.75, 3.05) is 6.61 Å². The van der Waals surface area contributed by atoms with Crippen LogP contribution in [-0.2, 0) is 14.3 Å². The zero-order valence-corrected chi connectivity index (χ0v) is 3.01. The zero-order valence-electron chi connectivity index (χ0n) is 3.01. The third-order valence-corrected chi connectivity index (χ3v) is 0.482. The second kappa shape index (κ2) is 1.26. The van der Waals surface area contributed by atoms with E-state index in [0.29, 0.717) is 6.61 Å². The minimum atomic E-state index is -0.275. The Morgan fingerprint density at radius 1 is 2.00 bits per heavy atom. The van der Waals surface area contributed by atoms with Crippen LogP contribution in [0.15, 0.2) is 0 Å². The fourth-order valence-corrected chi connectivity index (χ4v) is 0.161. The largest absolute Gasteiger partial charge is 0.425 e. The first-order valence-electron chi connectivity index (χ1n) is 1.58. The van der Waals surface area contributed by atoms with Gasteiger partial charge in [0, 0.05) is 0 Å². The van der Waals surface area contributed by atoms with Crippen molar-refractivity contribution < 1.29 is 14.3 Å². The van der Waals surface area contributed by atoms with E-state index in [9.17, 15) is 4.79 Å². The predicted molar refractivity (Wildman–Crippen MR) is 16.5 cm³/mol. The average Bonchev–Trinajstić information content (AvgIpc) is 2.21. The summed E-state index contributed by atoms with van der Waals surface area (Å²) in [7, 11) is 0. The molecule has 0 amide bonds. The molecule has 0 aromatic carbocycles. The van der Waals surface area contributed by atoms with Gasteiger partial charge in [-0.05, 0) is 0 Å². The maximum Gasteiger partial charge on any atom is 0.419 e. The molecule has 3 nitrogen and oxygen atoms in total. The number of epoxide rings is 1. The maximum absolute atomic E-state index is 9.23. The molecule has 6 heavy (non-hydrogen) atoms. The Hall–Kier alpha value is -0.570. The Morgan fingerprint density at radius 3 is 2.83 bits per heavy atom. The van der Waals surface area contributed by atoms with Gasteiger partial charge in [-0.15, -0.1) is 0 Å². The summed E-state index contributed by atoms with van der Waals surface area (Å²) in [5, 5.41) is 0. The van der Waals surface area contributed by atoms with Crippen LogP contribution in [0.4, 0.5) is 0 Å². The normalized spacial score (nSPS) is 29.0.